The number of para-hydroxylation sites is 1. The SMILES string of the molecule is Cc1cccc(-c2ncc(-c3c(C(C)C)cccc3C(C)C)n2-c2ccccc2)c1. The van der Waals surface area contributed by atoms with Gasteiger partial charge in [-0.25, -0.2) is 4.98 Å². The van der Waals surface area contributed by atoms with Crippen LogP contribution in [0.15, 0.2) is 79.0 Å². The lowest BCUT2D eigenvalue weighted by atomic mass is 9.87. The summed E-state index contributed by atoms with van der Waals surface area (Å²) in [6.07, 6.45) is 2.05. The number of imidazole rings is 1. The summed E-state index contributed by atoms with van der Waals surface area (Å²) in [4.78, 5) is 4.94. The van der Waals surface area contributed by atoms with E-state index in [0.29, 0.717) is 11.8 Å². The van der Waals surface area contributed by atoms with Gasteiger partial charge in [0.1, 0.15) is 5.82 Å². The van der Waals surface area contributed by atoms with Crippen LogP contribution in [0.5, 0.6) is 0 Å². The molecule has 3 aromatic carbocycles. The zero-order chi connectivity index (χ0) is 21.3. The van der Waals surface area contributed by atoms with Crippen molar-refractivity contribution in [3.05, 3.63) is 95.7 Å². The highest BCUT2D eigenvalue weighted by atomic mass is 15.1. The van der Waals surface area contributed by atoms with Crippen LogP contribution in [-0.4, -0.2) is 9.55 Å². The molecule has 0 fully saturated rings. The molecule has 0 atom stereocenters. The third-order valence-corrected chi connectivity index (χ3v) is 5.68. The van der Waals surface area contributed by atoms with E-state index in [0.717, 1.165) is 22.8 Å². The summed E-state index contributed by atoms with van der Waals surface area (Å²) in [7, 11) is 0. The van der Waals surface area contributed by atoms with Gasteiger partial charge in [0.25, 0.3) is 0 Å². The van der Waals surface area contributed by atoms with Gasteiger partial charge < -0.3 is 0 Å². The summed E-state index contributed by atoms with van der Waals surface area (Å²) < 4.78 is 2.32. The van der Waals surface area contributed by atoms with Gasteiger partial charge in [-0.1, -0.05) is 87.9 Å². The van der Waals surface area contributed by atoms with E-state index in [4.69, 9.17) is 4.98 Å². The fraction of sp³-hybridized carbons (Fsp3) is 0.250. The second-order valence-electron chi connectivity index (χ2n) is 8.63. The molecule has 30 heavy (non-hydrogen) atoms. The molecule has 2 nitrogen and oxygen atoms in total. The minimum atomic E-state index is 0.431. The lowest BCUT2D eigenvalue weighted by Crippen LogP contribution is -2.05. The van der Waals surface area contributed by atoms with Crippen LogP contribution < -0.4 is 0 Å². The lowest BCUT2D eigenvalue weighted by Gasteiger charge is -2.21. The molecule has 4 aromatic rings. The maximum Gasteiger partial charge on any atom is 0.144 e. The Balaban J connectivity index is 2.06. The van der Waals surface area contributed by atoms with E-state index in [-0.39, 0.29) is 0 Å². The molecule has 0 spiro atoms. The minimum Gasteiger partial charge on any atom is -0.292 e. The molecule has 0 saturated heterocycles. The maximum atomic E-state index is 4.94. The molecule has 4 rings (SSSR count). The quantitative estimate of drug-likeness (QED) is 0.338. The van der Waals surface area contributed by atoms with Gasteiger partial charge in [-0.15, -0.1) is 0 Å². The van der Waals surface area contributed by atoms with Crippen LogP contribution in [0.1, 0.15) is 56.2 Å². The average Bonchev–Trinajstić information content (AvgIpc) is 3.18. The van der Waals surface area contributed by atoms with Crippen molar-refractivity contribution in [1.29, 1.82) is 0 Å². The molecule has 152 valence electrons. The minimum absolute atomic E-state index is 0.431. The van der Waals surface area contributed by atoms with E-state index in [1.807, 2.05) is 0 Å². The predicted molar refractivity (Wildman–Crippen MR) is 127 cm³/mol. The molecule has 0 amide bonds. The van der Waals surface area contributed by atoms with Gasteiger partial charge >= 0.3 is 0 Å². The Morgan fingerprint density at radius 1 is 0.733 bits per heavy atom. The zero-order valence-electron chi connectivity index (χ0n) is 18.6. The smallest absolute Gasteiger partial charge is 0.144 e. The van der Waals surface area contributed by atoms with E-state index in [1.165, 1.54) is 22.3 Å². The number of nitrogens with zero attached hydrogens (tertiary/aromatic N) is 2. The van der Waals surface area contributed by atoms with Gasteiger partial charge in [0.15, 0.2) is 0 Å². The molecule has 0 bridgehead atoms. The second-order valence-corrected chi connectivity index (χ2v) is 8.63. The number of rotatable bonds is 5. The highest BCUT2D eigenvalue weighted by Crippen LogP contribution is 2.39. The molecule has 0 aliphatic carbocycles. The standard InChI is InChI=1S/C28H30N2/c1-19(2)24-15-10-16-25(20(3)4)27(24)26-18-29-28(22-12-9-11-21(5)17-22)30(26)23-13-7-6-8-14-23/h6-20H,1-5H3. The van der Waals surface area contributed by atoms with Gasteiger partial charge in [-0.2, -0.15) is 0 Å². The first kappa shape index (κ1) is 20.2. The van der Waals surface area contributed by atoms with Crippen LogP contribution in [-0.2, 0) is 0 Å². The van der Waals surface area contributed by atoms with Gasteiger partial charge in [-0.05, 0) is 48.1 Å². The summed E-state index contributed by atoms with van der Waals surface area (Å²) in [6, 6.07) is 25.9. The summed E-state index contributed by atoms with van der Waals surface area (Å²) in [5.41, 5.74) is 8.72. The third-order valence-electron chi connectivity index (χ3n) is 5.68. The highest BCUT2D eigenvalue weighted by Gasteiger charge is 2.22. The molecule has 0 unspecified atom stereocenters. The van der Waals surface area contributed by atoms with Crippen molar-refractivity contribution < 1.29 is 0 Å². The number of hydrogen-bond acceptors (Lipinski definition) is 1. The fourth-order valence-electron chi connectivity index (χ4n) is 4.20. The molecular weight excluding hydrogens is 364 g/mol. The predicted octanol–water partition coefficient (Wildman–Crippen LogP) is 7.76. The van der Waals surface area contributed by atoms with Gasteiger partial charge in [0.05, 0.1) is 11.9 Å². The molecule has 0 N–H and O–H groups in total. The molecule has 0 saturated carbocycles. The van der Waals surface area contributed by atoms with Crippen molar-refractivity contribution in [3.8, 4) is 28.3 Å². The molecule has 0 aliphatic rings. The molecule has 1 heterocycles. The molecular formula is C28H30N2. The maximum absolute atomic E-state index is 4.94. The molecule has 1 aromatic heterocycles. The largest absolute Gasteiger partial charge is 0.292 e. The Labute approximate surface area is 180 Å². The summed E-state index contributed by atoms with van der Waals surface area (Å²) in [5.74, 6) is 1.84. The van der Waals surface area contributed by atoms with Gasteiger partial charge in [-0.3, -0.25) is 4.57 Å². The Morgan fingerprint density at radius 3 is 1.97 bits per heavy atom. The molecule has 0 aliphatic heterocycles. The second kappa shape index (κ2) is 8.31. The first-order valence-corrected chi connectivity index (χ1v) is 10.8. The van der Waals surface area contributed by atoms with Gasteiger partial charge in [0, 0.05) is 16.8 Å². The van der Waals surface area contributed by atoms with Crippen molar-refractivity contribution >= 4 is 0 Å². The molecule has 2 heteroatoms. The van der Waals surface area contributed by atoms with Crippen LogP contribution in [0.3, 0.4) is 0 Å². The normalized spacial score (nSPS) is 11.4. The topological polar surface area (TPSA) is 17.8 Å². The third kappa shape index (κ3) is 3.70. The zero-order valence-corrected chi connectivity index (χ0v) is 18.6. The van der Waals surface area contributed by atoms with E-state index < -0.39 is 0 Å². The number of aromatic nitrogens is 2. The van der Waals surface area contributed by atoms with Crippen LogP contribution in [0.25, 0.3) is 28.3 Å². The van der Waals surface area contributed by atoms with E-state index in [2.05, 4.69) is 118 Å². The van der Waals surface area contributed by atoms with Crippen molar-refractivity contribution in [2.24, 2.45) is 0 Å². The Hall–Kier alpha value is -3.13. The monoisotopic (exact) mass is 394 g/mol. The first-order chi connectivity index (χ1) is 14.5. The van der Waals surface area contributed by atoms with Gasteiger partial charge in [0.2, 0.25) is 0 Å². The van der Waals surface area contributed by atoms with E-state index in [1.54, 1.807) is 0 Å². The summed E-state index contributed by atoms with van der Waals surface area (Å²) in [5, 5.41) is 0. The summed E-state index contributed by atoms with van der Waals surface area (Å²) >= 11 is 0. The number of hydrogen-bond donors (Lipinski definition) is 0. The number of aryl methyl sites for hydroxylation is 1. The van der Waals surface area contributed by atoms with Crippen molar-refractivity contribution in [2.75, 3.05) is 0 Å². The van der Waals surface area contributed by atoms with Crippen LogP contribution in [0.4, 0.5) is 0 Å². The van der Waals surface area contributed by atoms with Crippen LogP contribution in [0, 0.1) is 6.92 Å². The highest BCUT2D eigenvalue weighted by molar-refractivity contribution is 5.75. The summed E-state index contributed by atoms with van der Waals surface area (Å²) in [6.45, 7) is 11.2. The lowest BCUT2D eigenvalue weighted by molar-refractivity contribution is 0.834. The van der Waals surface area contributed by atoms with E-state index >= 15 is 0 Å². The Kier molecular flexibility index (Phi) is 5.59. The fourth-order valence-corrected chi connectivity index (χ4v) is 4.20. The average molecular weight is 395 g/mol. The van der Waals surface area contributed by atoms with Crippen molar-refractivity contribution in [1.82, 2.24) is 9.55 Å². The van der Waals surface area contributed by atoms with Crippen LogP contribution >= 0.6 is 0 Å². The van der Waals surface area contributed by atoms with Crippen LogP contribution in [0.2, 0.25) is 0 Å². The number of benzene rings is 3. The molecule has 0 radical (unpaired) electrons. The van der Waals surface area contributed by atoms with Crippen molar-refractivity contribution in [3.63, 3.8) is 0 Å². The van der Waals surface area contributed by atoms with Crippen molar-refractivity contribution in [2.45, 2.75) is 46.5 Å². The first-order valence-electron chi connectivity index (χ1n) is 10.8. The van der Waals surface area contributed by atoms with E-state index in [9.17, 15) is 0 Å². The Bertz CT molecular complexity index is 1120. The Morgan fingerprint density at radius 2 is 1.37 bits per heavy atom.